The van der Waals surface area contributed by atoms with Crippen LogP contribution in [0.4, 0.5) is 0 Å². The first-order chi connectivity index (χ1) is 9.04. The molecule has 0 radical (unpaired) electrons. The second-order valence-electron chi connectivity index (χ2n) is 4.17. The standard InChI is InChI=1S/C13H23NO5/c1-4-6-8-19-13(17)10(9-12(16)18-3)14-11(15)7-5-2/h10H,4-9H2,1-3H3,(H,14,15)/t10-/m0/s1. The number of hydrogen-bond donors (Lipinski definition) is 1. The zero-order valence-electron chi connectivity index (χ0n) is 11.9. The lowest BCUT2D eigenvalue weighted by Gasteiger charge is -2.16. The number of methoxy groups -OCH3 is 1. The van der Waals surface area contributed by atoms with Crippen molar-refractivity contribution in [3.8, 4) is 0 Å². The van der Waals surface area contributed by atoms with Gasteiger partial charge in [0.15, 0.2) is 0 Å². The molecule has 0 aromatic heterocycles. The number of ether oxygens (including phenoxy) is 2. The van der Waals surface area contributed by atoms with Crippen molar-refractivity contribution < 1.29 is 23.9 Å². The molecule has 0 saturated heterocycles. The Labute approximate surface area is 113 Å². The first-order valence-electron chi connectivity index (χ1n) is 6.57. The summed E-state index contributed by atoms with van der Waals surface area (Å²) in [6, 6.07) is -0.969. The minimum Gasteiger partial charge on any atom is -0.469 e. The molecule has 0 heterocycles. The summed E-state index contributed by atoms with van der Waals surface area (Å²) in [6.07, 6.45) is 2.41. The molecule has 6 nitrogen and oxygen atoms in total. The molecule has 0 fully saturated rings. The Balaban J connectivity index is 4.42. The minimum absolute atomic E-state index is 0.211. The van der Waals surface area contributed by atoms with Crippen LogP contribution in [-0.2, 0) is 23.9 Å². The van der Waals surface area contributed by atoms with Gasteiger partial charge in [-0.15, -0.1) is 0 Å². The van der Waals surface area contributed by atoms with E-state index in [4.69, 9.17) is 4.74 Å². The maximum atomic E-state index is 11.8. The van der Waals surface area contributed by atoms with E-state index in [-0.39, 0.29) is 18.9 Å². The highest BCUT2D eigenvalue weighted by Gasteiger charge is 2.25. The molecule has 0 unspecified atom stereocenters. The van der Waals surface area contributed by atoms with Crippen LogP contribution in [0.1, 0.15) is 46.0 Å². The monoisotopic (exact) mass is 273 g/mol. The van der Waals surface area contributed by atoms with Gasteiger partial charge in [-0.2, -0.15) is 0 Å². The van der Waals surface area contributed by atoms with E-state index in [0.29, 0.717) is 12.8 Å². The van der Waals surface area contributed by atoms with Gasteiger partial charge in [-0.3, -0.25) is 9.59 Å². The lowest BCUT2D eigenvalue weighted by atomic mass is 10.2. The van der Waals surface area contributed by atoms with Gasteiger partial charge in [0.1, 0.15) is 6.04 Å². The number of esters is 2. The Morgan fingerprint density at radius 3 is 2.37 bits per heavy atom. The van der Waals surface area contributed by atoms with E-state index >= 15 is 0 Å². The zero-order chi connectivity index (χ0) is 14.7. The summed E-state index contributed by atoms with van der Waals surface area (Å²) in [7, 11) is 1.23. The van der Waals surface area contributed by atoms with E-state index in [9.17, 15) is 14.4 Å². The number of carbonyl (C=O) groups is 3. The summed E-state index contributed by atoms with van der Waals surface area (Å²) in [6.45, 7) is 4.12. The van der Waals surface area contributed by atoms with Crippen LogP contribution in [0.2, 0.25) is 0 Å². The SMILES string of the molecule is CCCCOC(=O)[C@H](CC(=O)OC)NC(=O)CCC. The van der Waals surface area contributed by atoms with E-state index in [2.05, 4.69) is 10.1 Å². The molecule has 1 atom stereocenters. The van der Waals surface area contributed by atoms with Crippen LogP contribution in [0.3, 0.4) is 0 Å². The molecule has 0 rings (SSSR count). The normalized spacial score (nSPS) is 11.5. The van der Waals surface area contributed by atoms with Crippen molar-refractivity contribution in [1.29, 1.82) is 0 Å². The van der Waals surface area contributed by atoms with Gasteiger partial charge >= 0.3 is 11.9 Å². The Morgan fingerprint density at radius 2 is 1.84 bits per heavy atom. The van der Waals surface area contributed by atoms with E-state index in [1.54, 1.807) is 0 Å². The summed E-state index contributed by atoms with van der Waals surface area (Å²) in [5, 5.41) is 2.50. The van der Waals surface area contributed by atoms with Crippen molar-refractivity contribution in [2.75, 3.05) is 13.7 Å². The third-order valence-corrected chi connectivity index (χ3v) is 2.44. The van der Waals surface area contributed by atoms with Gasteiger partial charge < -0.3 is 14.8 Å². The lowest BCUT2D eigenvalue weighted by molar-refractivity contribution is -0.152. The molecule has 0 aliphatic rings. The third kappa shape index (κ3) is 8.18. The van der Waals surface area contributed by atoms with Crippen LogP contribution in [0.15, 0.2) is 0 Å². The molecule has 6 heteroatoms. The highest BCUT2D eigenvalue weighted by atomic mass is 16.5. The molecule has 1 amide bonds. The first-order valence-corrected chi connectivity index (χ1v) is 6.57. The topological polar surface area (TPSA) is 81.7 Å². The van der Waals surface area contributed by atoms with Gasteiger partial charge in [0, 0.05) is 6.42 Å². The van der Waals surface area contributed by atoms with Crippen molar-refractivity contribution in [3.05, 3.63) is 0 Å². The summed E-state index contributed by atoms with van der Waals surface area (Å²) >= 11 is 0. The third-order valence-electron chi connectivity index (χ3n) is 2.44. The average Bonchev–Trinajstić information content (AvgIpc) is 2.38. The van der Waals surface area contributed by atoms with Crippen LogP contribution in [0.25, 0.3) is 0 Å². The summed E-state index contributed by atoms with van der Waals surface area (Å²) < 4.78 is 9.51. The molecule has 19 heavy (non-hydrogen) atoms. The quantitative estimate of drug-likeness (QED) is 0.504. The second kappa shape index (κ2) is 10.3. The van der Waals surface area contributed by atoms with Crippen LogP contribution in [-0.4, -0.2) is 37.6 Å². The fourth-order valence-electron chi connectivity index (χ4n) is 1.35. The van der Waals surface area contributed by atoms with Crippen molar-refractivity contribution in [1.82, 2.24) is 5.32 Å². The molecule has 0 saturated carbocycles. The number of unbranched alkanes of at least 4 members (excludes halogenated alkanes) is 1. The lowest BCUT2D eigenvalue weighted by Crippen LogP contribution is -2.43. The second-order valence-corrected chi connectivity index (χ2v) is 4.17. The van der Waals surface area contributed by atoms with E-state index in [1.165, 1.54) is 7.11 Å². The van der Waals surface area contributed by atoms with Crippen LogP contribution < -0.4 is 5.32 Å². The number of nitrogens with one attached hydrogen (secondary N) is 1. The Kier molecular flexibility index (Phi) is 9.48. The van der Waals surface area contributed by atoms with Crippen LogP contribution in [0.5, 0.6) is 0 Å². The van der Waals surface area contributed by atoms with Gasteiger partial charge in [-0.25, -0.2) is 4.79 Å². The molecule has 0 aromatic rings. The fraction of sp³-hybridized carbons (Fsp3) is 0.769. The molecule has 0 aliphatic carbocycles. The molecule has 1 N–H and O–H groups in total. The van der Waals surface area contributed by atoms with Crippen molar-refractivity contribution in [3.63, 3.8) is 0 Å². The van der Waals surface area contributed by atoms with Crippen molar-refractivity contribution in [2.24, 2.45) is 0 Å². The van der Waals surface area contributed by atoms with Gasteiger partial charge in [0.25, 0.3) is 0 Å². The first kappa shape index (κ1) is 17.4. The Morgan fingerprint density at radius 1 is 1.16 bits per heavy atom. The molecule has 0 aromatic carbocycles. The number of carbonyl (C=O) groups excluding carboxylic acids is 3. The highest BCUT2D eigenvalue weighted by Crippen LogP contribution is 2.01. The van der Waals surface area contributed by atoms with Gasteiger partial charge in [0.2, 0.25) is 5.91 Å². The zero-order valence-corrected chi connectivity index (χ0v) is 11.9. The molecular formula is C13H23NO5. The molecule has 0 spiro atoms. The van der Waals surface area contributed by atoms with E-state index < -0.39 is 18.0 Å². The maximum absolute atomic E-state index is 11.8. The van der Waals surface area contributed by atoms with Gasteiger partial charge in [-0.05, 0) is 12.8 Å². The maximum Gasteiger partial charge on any atom is 0.329 e. The Bertz CT molecular complexity index is 303. The van der Waals surface area contributed by atoms with Gasteiger partial charge in [0.05, 0.1) is 20.1 Å². The molecule has 0 aliphatic heterocycles. The predicted molar refractivity (Wildman–Crippen MR) is 69.3 cm³/mol. The van der Waals surface area contributed by atoms with Crippen LogP contribution in [0, 0.1) is 0 Å². The minimum atomic E-state index is -0.969. The summed E-state index contributed by atoms with van der Waals surface area (Å²) in [5.41, 5.74) is 0. The average molecular weight is 273 g/mol. The largest absolute Gasteiger partial charge is 0.469 e. The Hall–Kier alpha value is -1.59. The molecule has 0 bridgehead atoms. The highest BCUT2D eigenvalue weighted by molar-refractivity contribution is 5.88. The van der Waals surface area contributed by atoms with Crippen molar-refractivity contribution in [2.45, 2.75) is 52.0 Å². The van der Waals surface area contributed by atoms with E-state index in [0.717, 1.165) is 12.8 Å². The fourth-order valence-corrected chi connectivity index (χ4v) is 1.35. The number of amides is 1. The summed E-state index contributed by atoms with van der Waals surface area (Å²) in [5.74, 6) is -1.43. The summed E-state index contributed by atoms with van der Waals surface area (Å²) in [4.78, 5) is 34.5. The number of rotatable bonds is 9. The van der Waals surface area contributed by atoms with Gasteiger partial charge in [-0.1, -0.05) is 20.3 Å². The van der Waals surface area contributed by atoms with Crippen LogP contribution >= 0.6 is 0 Å². The predicted octanol–water partition coefficient (Wildman–Crippen LogP) is 1.18. The molecule has 110 valence electrons. The van der Waals surface area contributed by atoms with E-state index in [1.807, 2.05) is 13.8 Å². The smallest absolute Gasteiger partial charge is 0.329 e. The van der Waals surface area contributed by atoms with Crippen molar-refractivity contribution >= 4 is 17.8 Å². The molecular weight excluding hydrogens is 250 g/mol. The number of hydrogen-bond acceptors (Lipinski definition) is 5.